The molecule has 1 unspecified atom stereocenters. The summed E-state index contributed by atoms with van der Waals surface area (Å²) in [7, 11) is 0. The Bertz CT molecular complexity index is 802. The number of nitrogens with zero attached hydrogens (tertiary/aromatic N) is 7. The van der Waals surface area contributed by atoms with E-state index in [-0.39, 0.29) is 0 Å². The molecule has 1 saturated heterocycles. The SMILES string of the molecule is OC1(Cn2ccnn2)CCCN(Cc2ncnn2-c2ccccc2)C1. The molecule has 4 rings (SSSR count). The van der Waals surface area contributed by atoms with Crippen molar-refractivity contribution in [3.8, 4) is 5.69 Å². The number of aromatic nitrogens is 6. The van der Waals surface area contributed by atoms with Crippen molar-refractivity contribution in [1.29, 1.82) is 0 Å². The van der Waals surface area contributed by atoms with Crippen LogP contribution in [0.1, 0.15) is 18.7 Å². The molecule has 0 saturated carbocycles. The van der Waals surface area contributed by atoms with Crippen LogP contribution in [0.15, 0.2) is 49.1 Å². The third-order valence-electron chi connectivity index (χ3n) is 4.55. The molecule has 130 valence electrons. The second-order valence-corrected chi connectivity index (χ2v) is 6.56. The van der Waals surface area contributed by atoms with E-state index in [1.165, 1.54) is 0 Å². The highest BCUT2D eigenvalue weighted by atomic mass is 16.3. The summed E-state index contributed by atoms with van der Waals surface area (Å²) in [6.07, 6.45) is 6.68. The Hall–Kier alpha value is -2.58. The van der Waals surface area contributed by atoms with E-state index in [0.717, 1.165) is 30.9 Å². The van der Waals surface area contributed by atoms with E-state index >= 15 is 0 Å². The summed E-state index contributed by atoms with van der Waals surface area (Å²) in [5, 5.41) is 23.1. The molecular formula is C17H21N7O. The van der Waals surface area contributed by atoms with Crippen LogP contribution in [0, 0.1) is 0 Å². The van der Waals surface area contributed by atoms with Crippen molar-refractivity contribution in [2.24, 2.45) is 0 Å². The van der Waals surface area contributed by atoms with Crippen LogP contribution in [0.3, 0.4) is 0 Å². The molecule has 1 N–H and O–H groups in total. The second kappa shape index (κ2) is 6.73. The molecule has 0 amide bonds. The van der Waals surface area contributed by atoms with Crippen molar-refractivity contribution in [2.75, 3.05) is 13.1 Å². The normalized spacial score (nSPS) is 21.5. The van der Waals surface area contributed by atoms with Gasteiger partial charge in [-0.15, -0.1) is 5.10 Å². The van der Waals surface area contributed by atoms with E-state index in [2.05, 4.69) is 25.3 Å². The molecule has 0 radical (unpaired) electrons. The van der Waals surface area contributed by atoms with E-state index in [4.69, 9.17) is 0 Å². The minimum atomic E-state index is -0.802. The molecule has 3 heterocycles. The van der Waals surface area contributed by atoms with Crippen molar-refractivity contribution in [3.63, 3.8) is 0 Å². The van der Waals surface area contributed by atoms with Gasteiger partial charge in [0.25, 0.3) is 0 Å². The van der Waals surface area contributed by atoms with Gasteiger partial charge in [-0.3, -0.25) is 4.90 Å². The Morgan fingerprint density at radius 3 is 2.88 bits per heavy atom. The van der Waals surface area contributed by atoms with E-state index in [1.54, 1.807) is 23.4 Å². The number of piperidine rings is 1. The van der Waals surface area contributed by atoms with Gasteiger partial charge in [-0.05, 0) is 31.5 Å². The van der Waals surface area contributed by atoms with Crippen LogP contribution in [0.4, 0.5) is 0 Å². The summed E-state index contributed by atoms with van der Waals surface area (Å²) in [6, 6.07) is 9.97. The highest BCUT2D eigenvalue weighted by Gasteiger charge is 2.34. The number of hydrogen-bond donors (Lipinski definition) is 1. The number of benzene rings is 1. The molecule has 1 atom stereocenters. The minimum absolute atomic E-state index is 0.453. The maximum Gasteiger partial charge on any atom is 0.146 e. The van der Waals surface area contributed by atoms with Crippen molar-refractivity contribution in [3.05, 3.63) is 54.9 Å². The van der Waals surface area contributed by atoms with E-state index in [1.807, 2.05) is 35.0 Å². The summed E-state index contributed by atoms with van der Waals surface area (Å²) >= 11 is 0. The van der Waals surface area contributed by atoms with Crippen molar-refractivity contribution < 1.29 is 5.11 Å². The number of hydrogen-bond acceptors (Lipinski definition) is 6. The fraction of sp³-hybridized carbons (Fsp3) is 0.412. The zero-order valence-corrected chi connectivity index (χ0v) is 13.9. The molecule has 2 aromatic heterocycles. The number of para-hydroxylation sites is 1. The van der Waals surface area contributed by atoms with Gasteiger partial charge in [0, 0.05) is 12.7 Å². The lowest BCUT2D eigenvalue weighted by molar-refractivity contribution is -0.0485. The van der Waals surface area contributed by atoms with Crippen LogP contribution < -0.4 is 0 Å². The molecule has 1 aliphatic rings. The average Bonchev–Trinajstić information content (AvgIpc) is 3.27. The monoisotopic (exact) mass is 339 g/mol. The first-order valence-electron chi connectivity index (χ1n) is 8.45. The van der Waals surface area contributed by atoms with Gasteiger partial charge < -0.3 is 5.11 Å². The maximum absolute atomic E-state index is 11.0. The Morgan fingerprint density at radius 1 is 1.20 bits per heavy atom. The van der Waals surface area contributed by atoms with Crippen molar-refractivity contribution >= 4 is 0 Å². The summed E-state index contributed by atoms with van der Waals surface area (Å²) in [6.45, 7) is 2.61. The fourth-order valence-electron chi connectivity index (χ4n) is 3.45. The van der Waals surface area contributed by atoms with Gasteiger partial charge in [-0.25, -0.2) is 14.3 Å². The van der Waals surface area contributed by atoms with Gasteiger partial charge in [0.2, 0.25) is 0 Å². The predicted molar refractivity (Wildman–Crippen MR) is 90.8 cm³/mol. The first-order valence-corrected chi connectivity index (χ1v) is 8.45. The molecular weight excluding hydrogens is 318 g/mol. The highest BCUT2D eigenvalue weighted by molar-refractivity contribution is 5.30. The van der Waals surface area contributed by atoms with Crippen LogP contribution in [-0.4, -0.2) is 58.5 Å². The number of rotatable bonds is 5. The minimum Gasteiger partial charge on any atom is -0.387 e. The topological polar surface area (TPSA) is 84.9 Å². The first-order chi connectivity index (χ1) is 12.2. The highest BCUT2D eigenvalue weighted by Crippen LogP contribution is 2.24. The lowest BCUT2D eigenvalue weighted by Gasteiger charge is -2.38. The third-order valence-corrected chi connectivity index (χ3v) is 4.55. The molecule has 8 heteroatoms. The van der Waals surface area contributed by atoms with Gasteiger partial charge >= 0.3 is 0 Å². The standard InChI is InChI=1S/C17H21N7O/c25-17(13-23-10-8-19-21-23)7-4-9-22(12-17)11-16-18-14-20-24(16)15-5-2-1-3-6-15/h1-3,5-6,8,10,14,25H,4,7,9,11-13H2. The van der Waals surface area contributed by atoms with Crippen molar-refractivity contribution in [1.82, 2.24) is 34.7 Å². The molecule has 8 nitrogen and oxygen atoms in total. The maximum atomic E-state index is 11.0. The predicted octanol–water partition coefficient (Wildman–Crippen LogP) is 0.886. The van der Waals surface area contributed by atoms with Crippen molar-refractivity contribution in [2.45, 2.75) is 31.5 Å². The Morgan fingerprint density at radius 2 is 2.08 bits per heavy atom. The summed E-state index contributed by atoms with van der Waals surface area (Å²) < 4.78 is 3.54. The van der Waals surface area contributed by atoms with Crippen LogP contribution in [0.2, 0.25) is 0 Å². The molecule has 3 aromatic rings. The quantitative estimate of drug-likeness (QED) is 0.743. The molecule has 0 spiro atoms. The Balaban J connectivity index is 1.47. The Kier molecular flexibility index (Phi) is 4.29. The third kappa shape index (κ3) is 3.59. The molecule has 0 aliphatic carbocycles. The molecule has 0 bridgehead atoms. The zero-order chi connectivity index (χ0) is 17.1. The summed E-state index contributed by atoms with van der Waals surface area (Å²) in [5.41, 5.74) is 0.189. The van der Waals surface area contributed by atoms with Gasteiger partial charge in [-0.1, -0.05) is 23.4 Å². The van der Waals surface area contributed by atoms with Crippen LogP contribution in [0.5, 0.6) is 0 Å². The lowest BCUT2D eigenvalue weighted by atomic mass is 9.93. The Labute approximate surface area is 145 Å². The van der Waals surface area contributed by atoms with Gasteiger partial charge in [0.1, 0.15) is 12.2 Å². The van der Waals surface area contributed by atoms with E-state index in [0.29, 0.717) is 19.6 Å². The summed E-state index contributed by atoms with van der Waals surface area (Å²) in [4.78, 5) is 6.64. The smallest absolute Gasteiger partial charge is 0.146 e. The molecule has 1 aliphatic heterocycles. The zero-order valence-electron chi connectivity index (χ0n) is 13.9. The van der Waals surface area contributed by atoms with Crippen LogP contribution in [0.25, 0.3) is 5.69 Å². The second-order valence-electron chi connectivity index (χ2n) is 6.56. The van der Waals surface area contributed by atoms with Gasteiger partial charge in [0.05, 0.1) is 30.6 Å². The molecule has 25 heavy (non-hydrogen) atoms. The molecule has 1 aromatic carbocycles. The van der Waals surface area contributed by atoms with Gasteiger partial charge in [0.15, 0.2) is 0 Å². The summed E-state index contributed by atoms with van der Waals surface area (Å²) in [5.74, 6) is 0.871. The number of likely N-dealkylation sites (tertiary alicyclic amines) is 1. The largest absolute Gasteiger partial charge is 0.387 e. The lowest BCUT2D eigenvalue weighted by Crippen LogP contribution is -2.50. The van der Waals surface area contributed by atoms with Crippen LogP contribution >= 0.6 is 0 Å². The van der Waals surface area contributed by atoms with E-state index in [9.17, 15) is 5.11 Å². The molecule has 1 fully saturated rings. The first kappa shape index (κ1) is 15.9. The van der Waals surface area contributed by atoms with Gasteiger partial charge in [-0.2, -0.15) is 5.10 Å². The number of β-amino-alcohol motifs (C(OH)–C–C–N with tert-alkyl or cyclic N) is 1. The fourth-order valence-corrected chi connectivity index (χ4v) is 3.45. The average molecular weight is 339 g/mol. The van der Waals surface area contributed by atoms with E-state index < -0.39 is 5.60 Å². The number of aliphatic hydroxyl groups is 1. The van der Waals surface area contributed by atoms with Crippen LogP contribution in [-0.2, 0) is 13.1 Å².